The highest BCUT2D eigenvalue weighted by Gasteiger charge is 2.38. The molecule has 5 rings (SSSR count). The van der Waals surface area contributed by atoms with Crippen LogP contribution in [0, 0.1) is 6.92 Å². The van der Waals surface area contributed by atoms with Crippen LogP contribution in [0.5, 0.6) is 0 Å². The number of carbonyl (C=O) groups excluding carboxylic acids is 4. The van der Waals surface area contributed by atoms with Gasteiger partial charge in [-0.3, -0.25) is 14.4 Å². The third-order valence-corrected chi connectivity index (χ3v) is 7.17. The minimum Gasteiger partial charge on any atom is -0.464 e. The van der Waals surface area contributed by atoms with Gasteiger partial charge in [0.15, 0.2) is 12.4 Å². The molecule has 3 aromatic carbocycles. The lowest BCUT2D eigenvalue weighted by atomic mass is 10.0. The van der Waals surface area contributed by atoms with Crippen LogP contribution >= 0.6 is 23.2 Å². The predicted molar refractivity (Wildman–Crippen MR) is 150 cm³/mol. The first-order valence-corrected chi connectivity index (χ1v) is 13.2. The highest BCUT2D eigenvalue weighted by molar-refractivity contribution is 6.40. The van der Waals surface area contributed by atoms with E-state index in [-0.39, 0.29) is 28.6 Å². The van der Waals surface area contributed by atoms with E-state index in [2.05, 4.69) is 15.5 Å². The summed E-state index contributed by atoms with van der Waals surface area (Å²) in [5.41, 5.74) is 2.34. The van der Waals surface area contributed by atoms with Gasteiger partial charge in [0.05, 0.1) is 39.0 Å². The second kappa shape index (κ2) is 11.5. The number of halogens is 2. The van der Waals surface area contributed by atoms with E-state index >= 15 is 0 Å². The maximum atomic E-state index is 13.8. The molecule has 0 unspecified atom stereocenters. The van der Waals surface area contributed by atoms with E-state index in [1.807, 2.05) is 0 Å². The molecule has 41 heavy (non-hydrogen) atoms. The molecule has 1 aliphatic heterocycles. The molecule has 11 nitrogen and oxygen atoms in total. The van der Waals surface area contributed by atoms with Crippen LogP contribution in [-0.4, -0.2) is 56.7 Å². The first-order chi connectivity index (χ1) is 19.7. The Hall–Kier alpha value is -4.61. The molecule has 0 aliphatic carbocycles. The number of amides is 3. The van der Waals surface area contributed by atoms with Crippen LogP contribution < -0.4 is 9.91 Å². The van der Waals surface area contributed by atoms with Crippen molar-refractivity contribution in [3.05, 3.63) is 105 Å². The van der Waals surface area contributed by atoms with E-state index in [9.17, 15) is 19.2 Å². The molecule has 0 fully saturated rings. The third kappa shape index (κ3) is 5.17. The fourth-order valence-corrected chi connectivity index (χ4v) is 5.21. The number of aryl methyl sites for hydroxylation is 1. The molecule has 1 aromatic heterocycles. The lowest BCUT2D eigenvalue weighted by Crippen LogP contribution is -2.54. The molecule has 0 spiro atoms. The summed E-state index contributed by atoms with van der Waals surface area (Å²) >= 11 is 12.6. The van der Waals surface area contributed by atoms with E-state index in [0.29, 0.717) is 27.9 Å². The van der Waals surface area contributed by atoms with Gasteiger partial charge >= 0.3 is 5.97 Å². The molecule has 0 saturated heterocycles. The summed E-state index contributed by atoms with van der Waals surface area (Å²) < 4.78 is 5.30. The van der Waals surface area contributed by atoms with Crippen LogP contribution in [0.4, 0.5) is 5.69 Å². The van der Waals surface area contributed by atoms with Gasteiger partial charge < -0.3 is 4.74 Å². The van der Waals surface area contributed by atoms with Crippen molar-refractivity contribution in [1.82, 2.24) is 20.3 Å². The van der Waals surface area contributed by atoms with E-state index < -0.39 is 29.7 Å². The van der Waals surface area contributed by atoms with Gasteiger partial charge in [0.2, 0.25) is 0 Å². The van der Waals surface area contributed by atoms with Gasteiger partial charge in [-0.05, 0) is 65.7 Å². The minimum atomic E-state index is -1.24. The molecule has 13 heteroatoms. The number of esters is 1. The third-order valence-electron chi connectivity index (χ3n) is 6.54. The number of benzene rings is 3. The summed E-state index contributed by atoms with van der Waals surface area (Å²) in [6.45, 7) is 3.47. The Balaban J connectivity index is 1.49. The molecule has 0 radical (unpaired) electrons. The fourth-order valence-electron chi connectivity index (χ4n) is 4.65. The molecule has 0 N–H and O–H groups in total. The van der Waals surface area contributed by atoms with Crippen LogP contribution in [-0.2, 0) is 16.0 Å². The molecule has 1 aliphatic rings. The fraction of sp³-hybridized carbons (Fsp3) is 0.179. The summed E-state index contributed by atoms with van der Waals surface area (Å²) in [5, 5.41) is 12.2. The molecular formula is C28H22Cl2N6O5. The number of fused-ring (bicyclic) bond motifs is 1. The van der Waals surface area contributed by atoms with Gasteiger partial charge in [0, 0.05) is 6.42 Å². The van der Waals surface area contributed by atoms with Crippen molar-refractivity contribution in [2.45, 2.75) is 26.3 Å². The van der Waals surface area contributed by atoms with Gasteiger partial charge in [0.1, 0.15) is 0 Å². The Morgan fingerprint density at radius 2 is 1.66 bits per heavy atom. The number of hydrogen-bond acceptors (Lipinski definition) is 8. The number of anilines is 1. The zero-order chi connectivity index (χ0) is 29.3. The number of rotatable bonds is 8. The molecule has 2 heterocycles. The Labute approximate surface area is 244 Å². The van der Waals surface area contributed by atoms with Gasteiger partial charge in [-0.2, -0.15) is 0 Å². The zero-order valence-electron chi connectivity index (χ0n) is 21.8. The zero-order valence-corrected chi connectivity index (χ0v) is 23.3. The largest absolute Gasteiger partial charge is 0.464 e. The topological polar surface area (TPSA) is 128 Å². The first kappa shape index (κ1) is 27.9. The Morgan fingerprint density at radius 3 is 2.27 bits per heavy atom. The van der Waals surface area contributed by atoms with E-state index in [4.69, 9.17) is 27.9 Å². The second-order valence-corrected chi connectivity index (χ2v) is 9.87. The molecule has 3 amide bonds. The monoisotopic (exact) mass is 592 g/mol. The van der Waals surface area contributed by atoms with Crippen LogP contribution in [0.2, 0.25) is 10.0 Å². The first-order valence-electron chi connectivity index (χ1n) is 12.5. The lowest BCUT2D eigenvalue weighted by Gasteiger charge is -2.29. The summed E-state index contributed by atoms with van der Waals surface area (Å²) in [6, 6.07) is 15.0. The Morgan fingerprint density at radius 1 is 0.976 bits per heavy atom. The standard InChI is InChI=1S/C28H22Cl2N6O5/c1-3-41-28(40)22(36(34-15-31-32-33-34)27(39)24-20(29)8-5-9-21(24)30)14-17-10-12-18(13-11-17)35-25(37)19-7-4-6-16(2)23(19)26(35)38/h4-13,15,22H,3,14H2,1-2H3/t22-/m0/s1. The van der Waals surface area contributed by atoms with Crippen molar-refractivity contribution in [1.29, 1.82) is 0 Å². The quantitative estimate of drug-likeness (QED) is 0.221. The van der Waals surface area contributed by atoms with Crippen LogP contribution in [0.15, 0.2) is 67.0 Å². The summed E-state index contributed by atoms with van der Waals surface area (Å²) in [5.74, 6) is -2.28. The number of hydrogen-bond donors (Lipinski definition) is 0. The lowest BCUT2D eigenvalue weighted by molar-refractivity contribution is -0.145. The van der Waals surface area contributed by atoms with Crippen LogP contribution in [0.1, 0.15) is 49.1 Å². The highest BCUT2D eigenvalue weighted by atomic mass is 35.5. The highest BCUT2D eigenvalue weighted by Crippen LogP contribution is 2.31. The summed E-state index contributed by atoms with van der Waals surface area (Å²) in [4.78, 5) is 55.3. The number of ether oxygens (including phenoxy) is 1. The smallest absolute Gasteiger partial charge is 0.331 e. The van der Waals surface area contributed by atoms with Gasteiger partial charge in [-0.25, -0.2) is 14.7 Å². The molecule has 0 bridgehead atoms. The average Bonchev–Trinajstić information content (AvgIpc) is 3.56. The van der Waals surface area contributed by atoms with E-state index in [1.54, 1.807) is 62.4 Å². The van der Waals surface area contributed by atoms with Crippen LogP contribution in [0.3, 0.4) is 0 Å². The Bertz CT molecular complexity index is 1640. The van der Waals surface area contributed by atoms with Gasteiger partial charge in [-0.15, -0.1) is 9.89 Å². The molecule has 0 saturated carbocycles. The molecule has 1 atom stereocenters. The van der Waals surface area contributed by atoms with Crippen molar-refractivity contribution < 1.29 is 23.9 Å². The maximum Gasteiger partial charge on any atom is 0.331 e. The SMILES string of the molecule is CCOC(=O)[C@H](Cc1ccc(N2C(=O)c3cccc(C)c3C2=O)cc1)N(C(=O)c1c(Cl)cccc1Cl)n1cnnn1. The normalized spacial score (nSPS) is 13.2. The Kier molecular flexibility index (Phi) is 7.82. The second-order valence-electron chi connectivity index (χ2n) is 9.06. The number of aromatic nitrogens is 4. The maximum absolute atomic E-state index is 13.8. The van der Waals surface area contributed by atoms with Crippen molar-refractivity contribution in [3.63, 3.8) is 0 Å². The van der Waals surface area contributed by atoms with Crippen molar-refractivity contribution in [2.24, 2.45) is 0 Å². The number of carbonyl (C=O) groups is 4. The van der Waals surface area contributed by atoms with Crippen molar-refractivity contribution in [2.75, 3.05) is 16.5 Å². The van der Waals surface area contributed by atoms with E-state index in [0.717, 1.165) is 21.0 Å². The molecule has 208 valence electrons. The number of nitrogens with zero attached hydrogens (tertiary/aromatic N) is 6. The predicted octanol–water partition coefficient (Wildman–Crippen LogP) is 4.04. The number of tetrazole rings is 1. The average molecular weight is 593 g/mol. The van der Waals surface area contributed by atoms with Crippen molar-refractivity contribution in [3.8, 4) is 0 Å². The van der Waals surface area contributed by atoms with Gasteiger partial charge in [-0.1, -0.05) is 53.5 Å². The summed E-state index contributed by atoms with van der Waals surface area (Å²) in [6.07, 6.45) is 1.12. The van der Waals surface area contributed by atoms with Crippen LogP contribution in [0.25, 0.3) is 0 Å². The van der Waals surface area contributed by atoms with E-state index in [1.165, 1.54) is 12.1 Å². The van der Waals surface area contributed by atoms with Gasteiger partial charge in [0.25, 0.3) is 17.7 Å². The van der Waals surface area contributed by atoms with Crippen molar-refractivity contribution >= 4 is 52.6 Å². The summed E-state index contributed by atoms with van der Waals surface area (Å²) in [7, 11) is 0. The molecule has 4 aromatic rings. The minimum absolute atomic E-state index is 0.0337. The molecular weight excluding hydrogens is 571 g/mol. The number of imide groups is 1.